The van der Waals surface area contributed by atoms with Crippen LogP contribution in [0, 0.1) is 0 Å². The van der Waals surface area contributed by atoms with Gasteiger partial charge in [-0.1, -0.05) is 60.7 Å². The lowest BCUT2D eigenvalue weighted by Crippen LogP contribution is -2.35. The van der Waals surface area contributed by atoms with Gasteiger partial charge in [-0.2, -0.15) is 0 Å². The minimum Gasteiger partial charge on any atom is -0.489 e. The number of hydrogen-bond acceptors (Lipinski definition) is 9. The van der Waals surface area contributed by atoms with Crippen molar-refractivity contribution in [2.45, 2.75) is 51.7 Å². The molecule has 7 rings (SSSR count). The number of rotatable bonds is 14. The summed E-state index contributed by atoms with van der Waals surface area (Å²) in [5, 5.41) is 0. The molecule has 2 aromatic heterocycles. The minimum absolute atomic E-state index is 0.143. The number of ether oxygens (including phenoxy) is 3. The number of methoxy groups -OCH3 is 1. The van der Waals surface area contributed by atoms with Crippen molar-refractivity contribution < 1.29 is 28.2 Å². The minimum atomic E-state index is -0.388. The quantitative estimate of drug-likeness (QED) is 0.103. The lowest BCUT2D eigenvalue weighted by atomic mass is 9.89. The van der Waals surface area contributed by atoms with E-state index in [1.807, 2.05) is 84.9 Å². The van der Waals surface area contributed by atoms with E-state index in [2.05, 4.69) is 28.1 Å². The second-order valence-corrected chi connectivity index (χ2v) is 13.2. The first-order chi connectivity index (χ1) is 26.0. The summed E-state index contributed by atoms with van der Waals surface area (Å²) in [7, 11) is 1.39. The van der Waals surface area contributed by atoms with Crippen molar-refractivity contribution in [1.29, 1.82) is 0 Å². The third kappa shape index (κ3) is 8.47. The van der Waals surface area contributed by atoms with Gasteiger partial charge < -0.3 is 18.6 Å². The van der Waals surface area contributed by atoms with Crippen LogP contribution in [0.2, 0.25) is 0 Å². The highest BCUT2D eigenvalue weighted by atomic mass is 16.5. The van der Waals surface area contributed by atoms with Crippen molar-refractivity contribution in [1.82, 2.24) is 14.9 Å². The molecule has 0 fully saturated rings. The second kappa shape index (κ2) is 16.7. The molecule has 4 aromatic carbocycles. The molecule has 0 saturated heterocycles. The van der Waals surface area contributed by atoms with Crippen LogP contribution in [0.25, 0.3) is 22.6 Å². The Bertz CT molecular complexity index is 2140. The summed E-state index contributed by atoms with van der Waals surface area (Å²) >= 11 is 0. The van der Waals surface area contributed by atoms with E-state index in [-0.39, 0.29) is 18.0 Å². The van der Waals surface area contributed by atoms with Crippen molar-refractivity contribution in [2.24, 2.45) is 0 Å². The standard InChI is InChI=1S/C44H43N3O6/c1-3-51-44(49)38-24-23-35-36(45-38)11-8-12-39(35)47(27-25-30-15-21-34(22-16-30)43(48)50-2)28-26-32-9-4-6-13-40(32)52-29-31-17-19-33(20-18-31)42-46-37-10-5-7-14-41(37)53-42/h4-7,9-10,13-24,39H,3,8,11-12,25-29H2,1-2H3. The predicted molar refractivity (Wildman–Crippen MR) is 203 cm³/mol. The number of nitrogens with zero attached hydrogens (tertiary/aromatic N) is 3. The zero-order valence-electron chi connectivity index (χ0n) is 30.1. The maximum Gasteiger partial charge on any atom is 0.356 e. The van der Waals surface area contributed by atoms with Crippen LogP contribution < -0.4 is 4.74 Å². The van der Waals surface area contributed by atoms with E-state index in [9.17, 15) is 9.59 Å². The summed E-state index contributed by atoms with van der Waals surface area (Å²) in [6, 6.07) is 35.8. The summed E-state index contributed by atoms with van der Waals surface area (Å²) in [5.41, 5.74) is 8.87. The Kier molecular flexibility index (Phi) is 11.2. The number of esters is 2. The lowest BCUT2D eigenvalue weighted by Gasteiger charge is -2.36. The number of fused-ring (bicyclic) bond motifs is 2. The first-order valence-corrected chi connectivity index (χ1v) is 18.2. The molecule has 270 valence electrons. The summed E-state index contributed by atoms with van der Waals surface area (Å²) in [5.74, 6) is 0.728. The van der Waals surface area contributed by atoms with Gasteiger partial charge in [-0.25, -0.2) is 19.6 Å². The maximum absolute atomic E-state index is 12.5. The second-order valence-electron chi connectivity index (χ2n) is 13.2. The monoisotopic (exact) mass is 709 g/mol. The van der Waals surface area contributed by atoms with Crippen LogP contribution in [0.1, 0.15) is 74.6 Å². The van der Waals surface area contributed by atoms with Crippen LogP contribution in [0.3, 0.4) is 0 Å². The van der Waals surface area contributed by atoms with Gasteiger partial charge in [0.25, 0.3) is 0 Å². The molecular weight excluding hydrogens is 666 g/mol. The van der Waals surface area contributed by atoms with Gasteiger partial charge in [-0.3, -0.25) is 4.90 Å². The highest BCUT2D eigenvalue weighted by Crippen LogP contribution is 2.35. The molecule has 0 N–H and O–H groups in total. The molecule has 0 bridgehead atoms. The van der Waals surface area contributed by atoms with Crippen molar-refractivity contribution in [3.63, 3.8) is 0 Å². The van der Waals surface area contributed by atoms with Gasteiger partial charge in [-0.05, 0) is 110 Å². The molecule has 2 heterocycles. The van der Waals surface area contributed by atoms with Gasteiger partial charge in [0.15, 0.2) is 5.58 Å². The Labute approximate surface area is 309 Å². The number of oxazole rings is 1. The lowest BCUT2D eigenvalue weighted by molar-refractivity contribution is 0.0517. The van der Waals surface area contributed by atoms with Gasteiger partial charge in [0.1, 0.15) is 23.6 Å². The highest BCUT2D eigenvalue weighted by Gasteiger charge is 2.28. The number of carbonyl (C=O) groups is 2. The molecule has 1 atom stereocenters. The number of hydrogen-bond donors (Lipinski definition) is 0. The first kappa shape index (κ1) is 35.6. The molecule has 53 heavy (non-hydrogen) atoms. The number of benzene rings is 4. The number of aryl methyl sites for hydroxylation is 1. The van der Waals surface area contributed by atoms with E-state index in [4.69, 9.17) is 23.6 Å². The van der Waals surface area contributed by atoms with Crippen LogP contribution in [-0.4, -0.2) is 53.6 Å². The van der Waals surface area contributed by atoms with Crippen molar-refractivity contribution in [2.75, 3.05) is 26.8 Å². The third-order valence-corrected chi connectivity index (χ3v) is 9.78. The Morgan fingerprint density at radius 2 is 1.57 bits per heavy atom. The van der Waals surface area contributed by atoms with Gasteiger partial charge in [0, 0.05) is 30.4 Å². The van der Waals surface area contributed by atoms with E-state index in [1.165, 1.54) is 7.11 Å². The summed E-state index contributed by atoms with van der Waals surface area (Å²) < 4.78 is 22.5. The topological polar surface area (TPSA) is 104 Å². The Morgan fingerprint density at radius 3 is 2.36 bits per heavy atom. The Morgan fingerprint density at radius 1 is 0.811 bits per heavy atom. The summed E-state index contributed by atoms with van der Waals surface area (Å²) in [6.07, 6.45) is 4.39. The molecule has 0 aliphatic heterocycles. The van der Waals surface area contributed by atoms with Gasteiger partial charge in [0.2, 0.25) is 5.89 Å². The molecule has 9 heteroatoms. The fraction of sp³-hybridized carbons (Fsp3) is 0.273. The predicted octanol–water partition coefficient (Wildman–Crippen LogP) is 8.60. The average Bonchev–Trinajstić information content (AvgIpc) is 3.65. The van der Waals surface area contributed by atoms with Crippen LogP contribution in [-0.2, 0) is 35.3 Å². The van der Waals surface area contributed by atoms with E-state index in [0.717, 1.165) is 95.6 Å². The van der Waals surface area contributed by atoms with Gasteiger partial charge in [-0.15, -0.1) is 0 Å². The molecule has 0 amide bonds. The molecule has 1 aliphatic carbocycles. The molecule has 6 aromatic rings. The Hall–Kier alpha value is -5.80. The summed E-state index contributed by atoms with van der Waals surface area (Å²) in [4.78, 5) is 36.4. The largest absolute Gasteiger partial charge is 0.489 e. The van der Waals surface area contributed by atoms with Gasteiger partial charge in [0.05, 0.1) is 19.3 Å². The molecule has 1 aliphatic rings. The molecule has 0 radical (unpaired) electrons. The molecule has 0 saturated carbocycles. The molecular formula is C44H43N3O6. The maximum atomic E-state index is 12.5. The van der Waals surface area contributed by atoms with Crippen molar-refractivity contribution in [3.8, 4) is 17.2 Å². The van der Waals surface area contributed by atoms with Crippen LogP contribution in [0.4, 0.5) is 0 Å². The van der Waals surface area contributed by atoms with E-state index >= 15 is 0 Å². The zero-order valence-corrected chi connectivity index (χ0v) is 30.1. The third-order valence-electron chi connectivity index (χ3n) is 9.78. The average molecular weight is 710 g/mol. The summed E-state index contributed by atoms with van der Waals surface area (Å²) in [6.45, 7) is 4.14. The number of aromatic nitrogens is 2. The van der Waals surface area contributed by atoms with Crippen LogP contribution in [0.15, 0.2) is 114 Å². The van der Waals surface area contributed by atoms with Crippen LogP contribution in [0.5, 0.6) is 5.75 Å². The smallest absolute Gasteiger partial charge is 0.356 e. The number of para-hydroxylation sites is 3. The molecule has 1 unspecified atom stereocenters. The fourth-order valence-corrected chi connectivity index (χ4v) is 6.97. The number of pyridine rings is 1. The van der Waals surface area contributed by atoms with E-state index in [1.54, 1.807) is 13.0 Å². The fourth-order valence-electron chi connectivity index (χ4n) is 6.97. The van der Waals surface area contributed by atoms with Gasteiger partial charge >= 0.3 is 11.9 Å². The SMILES string of the molecule is CCOC(=O)c1ccc2c(n1)CCCC2N(CCc1ccc(C(=O)OC)cc1)CCc1ccccc1OCc1ccc(-c2nc3ccccc3o2)cc1. The highest BCUT2D eigenvalue weighted by molar-refractivity contribution is 5.89. The van der Waals surface area contributed by atoms with E-state index in [0.29, 0.717) is 30.4 Å². The van der Waals surface area contributed by atoms with Crippen molar-refractivity contribution >= 4 is 23.0 Å². The van der Waals surface area contributed by atoms with E-state index < -0.39 is 0 Å². The molecule has 0 spiro atoms. The van der Waals surface area contributed by atoms with Crippen molar-refractivity contribution in [3.05, 3.63) is 148 Å². The zero-order chi connectivity index (χ0) is 36.6. The number of carbonyl (C=O) groups excluding carboxylic acids is 2. The van der Waals surface area contributed by atoms with Crippen LogP contribution >= 0.6 is 0 Å². The first-order valence-electron chi connectivity index (χ1n) is 18.2. The normalized spacial score (nSPS) is 13.8. The molecule has 9 nitrogen and oxygen atoms in total. The Balaban J connectivity index is 1.06.